The molecular weight excluding hydrogens is 320 g/mol. The molecule has 0 amide bonds. The van der Waals surface area contributed by atoms with Gasteiger partial charge in [-0.25, -0.2) is 4.79 Å². The molecule has 0 aromatic heterocycles. The highest BCUT2D eigenvalue weighted by atomic mass is 28.4. The van der Waals surface area contributed by atoms with Gasteiger partial charge >= 0.3 is 11.9 Å². The Balaban J connectivity index is 3.65. The summed E-state index contributed by atoms with van der Waals surface area (Å²) >= 11 is 0. The summed E-state index contributed by atoms with van der Waals surface area (Å²) in [7, 11) is -1.77. The van der Waals surface area contributed by atoms with E-state index in [1.807, 2.05) is 0 Å². The molecule has 0 saturated carbocycles. The van der Waals surface area contributed by atoms with E-state index in [1.165, 1.54) is 0 Å². The predicted octanol–water partition coefficient (Wildman–Crippen LogP) is 2.00. The number of aliphatic carboxylic acids is 1. The smallest absolute Gasteiger partial charge is 0.372 e. The fraction of sp³-hybridized carbons (Fsp3) is 0.800. The predicted molar refractivity (Wildman–Crippen MR) is 86.8 cm³/mol. The quantitative estimate of drug-likeness (QED) is 0.264. The fourth-order valence-electron chi connectivity index (χ4n) is 1.28. The number of carboxylic acid groups (broad SMARTS) is 1. The van der Waals surface area contributed by atoms with Gasteiger partial charge in [-0.05, 0) is 18.1 Å². The number of hydrogen-bond acceptors (Lipinski definition) is 6. The molecule has 0 spiro atoms. The molecular formula is C15H28O7Si. The summed E-state index contributed by atoms with van der Waals surface area (Å²) in [5.41, 5.74) is 0. The number of rotatable bonds is 11. The van der Waals surface area contributed by atoms with Crippen molar-refractivity contribution >= 4 is 26.0 Å². The first-order chi connectivity index (χ1) is 10.5. The van der Waals surface area contributed by atoms with Crippen LogP contribution in [0.1, 0.15) is 33.6 Å². The molecule has 0 rings (SSSR count). The summed E-state index contributed by atoms with van der Waals surface area (Å²) in [6.07, 6.45) is -0.588. The van der Waals surface area contributed by atoms with Crippen molar-refractivity contribution in [2.24, 2.45) is 0 Å². The van der Waals surface area contributed by atoms with Crippen molar-refractivity contribution in [2.45, 2.75) is 51.7 Å². The first-order valence-electron chi connectivity index (χ1n) is 7.61. The van der Waals surface area contributed by atoms with Crippen molar-refractivity contribution in [3.8, 4) is 0 Å². The van der Waals surface area contributed by atoms with Crippen molar-refractivity contribution in [3.63, 3.8) is 0 Å². The first kappa shape index (κ1) is 21.7. The summed E-state index contributed by atoms with van der Waals surface area (Å²) in [5.74, 6) is -3.15. The summed E-state index contributed by atoms with van der Waals surface area (Å²) in [6.45, 7) is 12.0. The van der Waals surface area contributed by atoms with Gasteiger partial charge < -0.3 is 19.0 Å². The van der Waals surface area contributed by atoms with E-state index in [0.717, 1.165) is 0 Å². The van der Waals surface area contributed by atoms with Gasteiger partial charge in [0, 0.05) is 6.42 Å². The summed E-state index contributed by atoms with van der Waals surface area (Å²) in [4.78, 5) is 32.3. The van der Waals surface area contributed by atoms with E-state index in [1.54, 1.807) is 0 Å². The highest BCUT2D eigenvalue weighted by Gasteiger charge is 2.36. The number of Topliss-reactive ketones (excluding diaryl/α,β-unsaturated/α-hetero) is 1. The van der Waals surface area contributed by atoms with E-state index in [2.05, 4.69) is 33.9 Å². The molecule has 0 aliphatic carbocycles. The maximum Gasteiger partial charge on any atom is 0.372 e. The molecule has 7 nitrogen and oxygen atoms in total. The van der Waals surface area contributed by atoms with Gasteiger partial charge in [0.2, 0.25) is 5.78 Å². The Morgan fingerprint density at radius 1 is 0.957 bits per heavy atom. The molecule has 134 valence electrons. The maximum atomic E-state index is 11.3. The molecule has 0 aliphatic rings. The number of esters is 1. The number of ether oxygens (including phenoxy) is 2. The molecule has 23 heavy (non-hydrogen) atoms. The first-order valence-corrected chi connectivity index (χ1v) is 10.5. The summed E-state index contributed by atoms with van der Waals surface area (Å²) < 4.78 is 16.1. The van der Waals surface area contributed by atoms with Crippen molar-refractivity contribution in [2.75, 3.05) is 26.4 Å². The zero-order chi connectivity index (χ0) is 18.1. The lowest BCUT2D eigenvalue weighted by molar-refractivity contribution is -0.151. The van der Waals surface area contributed by atoms with Gasteiger partial charge in [-0.1, -0.05) is 20.8 Å². The standard InChI is InChI=1S/C15H28O7Si/c1-15(2,3)23(4,5)22-11-9-20-8-10-21-13(17)7-6-12(16)14(18)19/h6-11H2,1-5H3,(H,18,19). The molecule has 0 radical (unpaired) electrons. The van der Waals surface area contributed by atoms with E-state index in [9.17, 15) is 14.4 Å². The van der Waals surface area contributed by atoms with Crippen LogP contribution in [0.2, 0.25) is 18.1 Å². The van der Waals surface area contributed by atoms with Crippen LogP contribution in [0.25, 0.3) is 0 Å². The second-order valence-electron chi connectivity index (χ2n) is 6.67. The van der Waals surface area contributed by atoms with E-state index in [0.29, 0.717) is 13.2 Å². The fourth-order valence-corrected chi connectivity index (χ4v) is 2.31. The van der Waals surface area contributed by atoms with Gasteiger partial charge in [0.25, 0.3) is 0 Å². The third-order valence-electron chi connectivity index (χ3n) is 3.78. The van der Waals surface area contributed by atoms with Crippen LogP contribution in [-0.4, -0.2) is 57.6 Å². The Kier molecular flexibility index (Phi) is 9.26. The zero-order valence-corrected chi connectivity index (χ0v) is 15.6. The van der Waals surface area contributed by atoms with Crippen LogP contribution in [-0.2, 0) is 28.3 Å². The lowest BCUT2D eigenvalue weighted by Crippen LogP contribution is -2.41. The van der Waals surface area contributed by atoms with Gasteiger partial charge in [0.15, 0.2) is 8.32 Å². The lowest BCUT2D eigenvalue weighted by Gasteiger charge is -2.36. The Bertz CT molecular complexity index is 413. The third-order valence-corrected chi connectivity index (χ3v) is 8.32. The molecule has 1 N–H and O–H groups in total. The molecule has 0 bridgehead atoms. The Morgan fingerprint density at radius 3 is 2.04 bits per heavy atom. The summed E-state index contributed by atoms with van der Waals surface area (Å²) in [5, 5.41) is 8.52. The molecule has 0 atom stereocenters. The van der Waals surface area contributed by atoms with E-state index < -0.39 is 26.0 Å². The van der Waals surface area contributed by atoms with Crippen LogP contribution in [0, 0.1) is 0 Å². The SMILES string of the molecule is CC(C)(C)[Si](C)(C)OCCOCCOC(=O)CCC(=O)C(=O)O. The second-order valence-corrected chi connectivity index (χ2v) is 11.5. The second kappa shape index (κ2) is 9.79. The van der Waals surface area contributed by atoms with Crippen molar-refractivity contribution < 1.29 is 33.4 Å². The minimum Gasteiger partial charge on any atom is -0.476 e. The topological polar surface area (TPSA) is 99.1 Å². The maximum absolute atomic E-state index is 11.3. The normalized spacial score (nSPS) is 12.0. The van der Waals surface area contributed by atoms with Gasteiger partial charge in [-0.3, -0.25) is 9.59 Å². The van der Waals surface area contributed by atoms with Crippen LogP contribution < -0.4 is 0 Å². The Labute approximate surface area is 138 Å². The van der Waals surface area contributed by atoms with E-state index >= 15 is 0 Å². The van der Waals surface area contributed by atoms with Crippen LogP contribution in [0.5, 0.6) is 0 Å². The van der Waals surface area contributed by atoms with Crippen LogP contribution in [0.3, 0.4) is 0 Å². The highest BCUT2D eigenvalue weighted by molar-refractivity contribution is 6.74. The van der Waals surface area contributed by atoms with E-state index in [-0.39, 0.29) is 31.1 Å². The monoisotopic (exact) mass is 348 g/mol. The molecule has 8 heteroatoms. The van der Waals surface area contributed by atoms with Crippen molar-refractivity contribution in [1.82, 2.24) is 0 Å². The molecule has 0 unspecified atom stereocenters. The van der Waals surface area contributed by atoms with Gasteiger partial charge in [-0.2, -0.15) is 0 Å². The average Bonchev–Trinajstić information content (AvgIpc) is 2.42. The van der Waals surface area contributed by atoms with E-state index in [4.69, 9.17) is 19.0 Å². The van der Waals surface area contributed by atoms with Crippen molar-refractivity contribution in [3.05, 3.63) is 0 Å². The molecule has 0 aromatic rings. The average molecular weight is 348 g/mol. The van der Waals surface area contributed by atoms with Crippen LogP contribution in [0.4, 0.5) is 0 Å². The number of carbonyl (C=O) groups excluding carboxylic acids is 2. The molecule has 0 heterocycles. The van der Waals surface area contributed by atoms with Crippen LogP contribution in [0.15, 0.2) is 0 Å². The number of hydrogen-bond donors (Lipinski definition) is 1. The molecule has 0 aromatic carbocycles. The number of carboxylic acids is 1. The number of ketones is 1. The molecule has 0 aliphatic heterocycles. The third kappa shape index (κ3) is 9.47. The Hall–Kier alpha value is -1.25. The Morgan fingerprint density at radius 2 is 1.52 bits per heavy atom. The highest BCUT2D eigenvalue weighted by Crippen LogP contribution is 2.36. The summed E-state index contributed by atoms with van der Waals surface area (Å²) in [6, 6.07) is 0. The lowest BCUT2D eigenvalue weighted by atomic mass is 10.2. The minimum atomic E-state index is -1.77. The van der Waals surface area contributed by atoms with Gasteiger partial charge in [-0.15, -0.1) is 0 Å². The number of carbonyl (C=O) groups is 3. The van der Waals surface area contributed by atoms with Gasteiger partial charge in [0.05, 0.1) is 26.2 Å². The minimum absolute atomic E-state index is 0.0696. The van der Waals surface area contributed by atoms with Crippen molar-refractivity contribution in [1.29, 1.82) is 0 Å². The molecule has 0 fully saturated rings. The molecule has 0 saturated heterocycles. The largest absolute Gasteiger partial charge is 0.476 e. The van der Waals surface area contributed by atoms with Crippen LogP contribution >= 0.6 is 0 Å². The zero-order valence-electron chi connectivity index (χ0n) is 14.6. The van der Waals surface area contributed by atoms with Gasteiger partial charge in [0.1, 0.15) is 6.61 Å².